The third-order valence-electron chi connectivity index (χ3n) is 5.28. The molecule has 4 aromatic rings. The zero-order chi connectivity index (χ0) is 23.3. The molecule has 32 heavy (non-hydrogen) atoms. The third-order valence-corrected chi connectivity index (χ3v) is 6.16. The van der Waals surface area contributed by atoms with Crippen LogP contribution in [0.4, 0.5) is 0 Å². The summed E-state index contributed by atoms with van der Waals surface area (Å²) in [4.78, 5) is 4.98. The minimum atomic E-state index is 0.00202. The van der Waals surface area contributed by atoms with Crippen molar-refractivity contribution in [2.24, 2.45) is 0 Å². The first-order valence-corrected chi connectivity index (χ1v) is 12.0. The Morgan fingerprint density at radius 1 is 0.844 bits per heavy atom. The molecular formula is C30H31NS. The van der Waals surface area contributed by atoms with Crippen molar-refractivity contribution in [3.05, 3.63) is 88.8 Å². The lowest BCUT2D eigenvalue weighted by Gasteiger charge is -2.22. The van der Waals surface area contributed by atoms with E-state index in [0.29, 0.717) is 0 Å². The lowest BCUT2D eigenvalue weighted by Crippen LogP contribution is -2.12. The minimum absolute atomic E-state index is 0.00202. The average Bonchev–Trinajstić information content (AvgIpc) is 3.30. The topological polar surface area (TPSA) is 12.9 Å². The maximum atomic E-state index is 6.05. The van der Waals surface area contributed by atoms with E-state index in [2.05, 4.69) is 99.7 Å². The van der Waals surface area contributed by atoms with Gasteiger partial charge in [0.15, 0.2) is 0 Å². The molecule has 0 unspecified atom stereocenters. The van der Waals surface area contributed by atoms with Gasteiger partial charge in [-0.15, -0.1) is 17.8 Å². The van der Waals surface area contributed by atoms with Gasteiger partial charge in [-0.2, -0.15) is 0 Å². The fourth-order valence-electron chi connectivity index (χ4n) is 3.58. The molecule has 0 fully saturated rings. The SMILES string of the molecule is C#Cc1c(-c2ccccc2)cc(C(C)(C)C)cc1-c1nc(-c2cccc(C)c2)cs1.CC. The molecule has 0 radical (unpaired) electrons. The van der Waals surface area contributed by atoms with Crippen LogP contribution in [0.5, 0.6) is 0 Å². The Kier molecular flexibility index (Phi) is 7.33. The average molecular weight is 438 g/mol. The van der Waals surface area contributed by atoms with Crippen LogP contribution in [0.15, 0.2) is 72.1 Å². The monoisotopic (exact) mass is 437 g/mol. The summed E-state index contributed by atoms with van der Waals surface area (Å²) in [5.41, 5.74) is 8.77. The van der Waals surface area contributed by atoms with Gasteiger partial charge in [0.05, 0.1) is 5.69 Å². The number of rotatable bonds is 3. The highest BCUT2D eigenvalue weighted by Gasteiger charge is 2.21. The first kappa shape index (κ1) is 23.5. The molecule has 162 valence electrons. The number of terminal acetylenes is 1. The predicted molar refractivity (Wildman–Crippen MR) is 141 cm³/mol. The van der Waals surface area contributed by atoms with Gasteiger partial charge >= 0.3 is 0 Å². The zero-order valence-electron chi connectivity index (χ0n) is 19.9. The molecule has 0 aliphatic heterocycles. The van der Waals surface area contributed by atoms with Crippen molar-refractivity contribution in [1.29, 1.82) is 0 Å². The summed E-state index contributed by atoms with van der Waals surface area (Å²) >= 11 is 1.65. The Balaban J connectivity index is 0.00000141. The van der Waals surface area contributed by atoms with Gasteiger partial charge in [-0.1, -0.05) is 94.6 Å². The summed E-state index contributed by atoms with van der Waals surface area (Å²) in [5.74, 6) is 2.96. The van der Waals surface area contributed by atoms with E-state index in [4.69, 9.17) is 11.4 Å². The number of hydrogen-bond acceptors (Lipinski definition) is 2. The largest absolute Gasteiger partial charge is 0.236 e. The summed E-state index contributed by atoms with van der Waals surface area (Å²) in [5, 5.41) is 3.08. The van der Waals surface area contributed by atoms with Gasteiger partial charge in [-0.3, -0.25) is 0 Å². The van der Waals surface area contributed by atoms with Crippen molar-refractivity contribution >= 4 is 11.3 Å². The number of aromatic nitrogens is 1. The lowest BCUT2D eigenvalue weighted by atomic mass is 9.82. The highest BCUT2D eigenvalue weighted by atomic mass is 32.1. The predicted octanol–water partition coefficient (Wildman–Crippen LogP) is 8.76. The molecule has 3 aromatic carbocycles. The van der Waals surface area contributed by atoms with E-state index in [1.807, 2.05) is 19.9 Å². The molecule has 0 aliphatic rings. The molecule has 0 spiro atoms. The van der Waals surface area contributed by atoms with Crippen molar-refractivity contribution in [3.8, 4) is 45.3 Å². The van der Waals surface area contributed by atoms with Crippen LogP contribution in [-0.2, 0) is 5.41 Å². The van der Waals surface area contributed by atoms with Gasteiger partial charge in [0.1, 0.15) is 5.01 Å². The molecule has 4 rings (SSSR count). The second-order valence-corrected chi connectivity index (χ2v) is 9.47. The van der Waals surface area contributed by atoms with Gasteiger partial charge in [0.2, 0.25) is 0 Å². The molecule has 1 aromatic heterocycles. The Labute approximate surface area is 197 Å². The van der Waals surface area contributed by atoms with Gasteiger partial charge < -0.3 is 0 Å². The fraction of sp³-hybridized carbons (Fsp3) is 0.233. The lowest BCUT2D eigenvalue weighted by molar-refractivity contribution is 0.590. The first-order valence-electron chi connectivity index (χ1n) is 11.1. The molecule has 0 atom stereocenters. The van der Waals surface area contributed by atoms with Crippen LogP contribution in [0.25, 0.3) is 33.0 Å². The van der Waals surface area contributed by atoms with Crippen LogP contribution >= 0.6 is 11.3 Å². The summed E-state index contributed by atoms with van der Waals surface area (Å²) in [7, 11) is 0. The van der Waals surface area contributed by atoms with E-state index in [1.54, 1.807) is 11.3 Å². The summed E-state index contributed by atoms with van der Waals surface area (Å²) in [6.07, 6.45) is 6.05. The summed E-state index contributed by atoms with van der Waals surface area (Å²) in [6.45, 7) is 12.8. The fourth-order valence-corrected chi connectivity index (χ4v) is 4.43. The van der Waals surface area contributed by atoms with E-state index < -0.39 is 0 Å². The zero-order valence-corrected chi connectivity index (χ0v) is 20.7. The van der Waals surface area contributed by atoms with Crippen LogP contribution in [0.2, 0.25) is 0 Å². The summed E-state index contributed by atoms with van der Waals surface area (Å²) < 4.78 is 0. The number of aryl methyl sites for hydroxylation is 1. The Hall–Kier alpha value is -3.15. The maximum absolute atomic E-state index is 6.05. The van der Waals surface area contributed by atoms with Crippen molar-refractivity contribution in [2.75, 3.05) is 0 Å². The quantitative estimate of drug-likeness (QED) is 0.292. The Morgan fingerprint density at radius 3 is 2.12 bits per heavy atom. The highest BCUT2D eigenvalue weighted by Crippen LogP contribution is 2.39. The van der Waals surface area contributed by atoms with Crippen molar-refractivity contribution in [2.45, 2.75) is 47.0 Å². The molecule has 1 heterocycles. The van der Waals surface area contributed by atoms with Gasteiger partial charge in [-0.05, 0) is 47.2 Å². The van der Waals surface area contributed by atoms with Crippen LogP contribution in [0, 0.1) is 19.3 Å². The summed E-state index contributed by atoms with van der Waals surface area (Å²) in [6, 6.07) is 23.3. The molecular weight excluding hydrogens is 406 g/mol. The van der Waals surface area contributed by atoms with E-state index in [9.17, 15) is 0 Å². The Bertz CT molecular complexity index is 1230. The molecule has 0 N–H and O–H groups in total. The van der Waals surface area contributed by atoms with Gasteiger partial charge in [0.25, 0.3) is 0 Å². The van der Waals surface area contributed by atoms with Crippen LogP contribution in [0.1, 0.15) is 51.3 Å². The van der Waals surface area contributed by atoms with Crippen molar-refractivity contribution < 1.29 is 0 Å². The third kappa shape index (κ3) is 5.01. The first-order chi connectivity index (χ1) is 15.4. The van der Waals surface area contributed by atoms with Crippen molar-refractivity contribution in [1.82, 2.24) is 4.98 Å². The smallest absolute Gasteiger partial charge is 0.125 e. The molecule has 0 saturated heterocycles. The number of hydrogen-bond donors (Lipinski definition) is 0. The Morgan fingerprint density at radius 2 is 1.50 bits per heavy atom. The standard InChI is InChI=1S/C28H25NS.C2H6/c1-6-23-24(20-12-8-7-9-13-20)16-22(28(3,4)5)17-25(23)27-29-26(18-30-27)21-14-10-11-19(2)15-21;1-2/h1,7-18H,2-5H3;1-2H3. The van der Waals surface area contributed by atoms with Crippen LogP contribution < -0.4 is 0 Å². The van der Waals surface area contributed by atoms with Gasteiger partial charge in [-0.25, -0.2) is 4.98 Å². The normalized spacial score (nSPS) is 10.8. The molecule has 0 bridgehead atoms. The van der Waals surface area contributed by atoms with Crippen LogP contribution in [0.3, 0.4) is 0 Å². The van der Waals surface area contributed by atoms with Crippen LogP contribution in [-0.4, -0.2) is 4.98 Å². The minimum Gasteiger partial charge on any atom is -0.236 e. The van der Waals surface area contributed by atoms with E-state index >= 15 is 0 Å². The highest BCUT2D eigenvalue weighted by molar-refractivity contribution is 7.13. The van der Waals surface area contributed by atoms with E-state index in [-0.39, 0.29) is 5.41 Å². The van der Waals surface area contributed by atoms with Crippen molar-refractivity contribution in [3.63, 3.8) is 0 Å². The van der Waals surface area contributed by atoms with E-state index in [0.717, 1.165) is 38.5 Å². The molecule has 2 heteroatoms. The molecule has 1 nitrogen and oxygen atoms in total. The molecule has 0 amide bonds. The second-order valence-electron chi connectivity index (χ2n) is 8.61. The molecule has 0 aliphatic carbocycles. The number of nitrogens with zero attached hydrogens (tertiary/aromatic N) is 1. The van der Waals surface area contributed by atoms with Gasteiger partial charge in [0, 0.05) is 22.1 Å². The number of thiazole rings is 1. The maximum Gasteiger partial charge on any atom is 0.125 e. The molecule has 0 saturated carbocycles. The second kappa shape index (κ2) is 9.98. The van der Waals surface area contributed by atoms with E-state index in [1.165, 1.54) is 11.1 Å². The number of benzene rings is 3.